The Morgan fingerprint density at radius 1 is 1.00 bits per heavy atom. The van der Waals surface area contributed by atoms with Crippen molar-refractivity contribution < 1.29 is 14.3 Å². The van der Waals surface area contributed by atoms with Crippen LogP contribution in [0.1, 0.15) is 48.5 Å². The molecule has 0 N–H and O–H groups in total. The number of benzene rings is 2. The van der Waals surface area contributed by atoms with Crippen LogP contribution in [-0.2, 0) is 0 Å². The number of hydrogen-bond acceptors (Lipinski definition) is 3. The van der Waals surface area contributed by atoms with E-state index in [0.717, 1.165) is 26.7 Å². The first kappa shape index (κ1) is 20.0. The van der Waals surface area contributed by atoms with E-state index >= 15 is 0 Å². The summed E-state index contributed by atoms with van der Waals surface area (Å²) in [5, 5.41) is 0. The van der Waals surface area contributed by atoms with Crippen LogP contribution in [0.4, 0.5) is 0 Å². The molecule has 0 aromatic heterocycles. The maximum Gasteiger partial charge on any atom is 0.343 e. The van der Waals surface area contributed by atoms with Crippen LogP contribution in [0.25, 0.3) is 0 Å². The molecule has 0 fully saturated rings. The zero-order valence-electron chi connectivity index (χ0n) is 14.5. The lowest BCUT2D eigenvalue weighted by molar-refractivity contribution is 0.0733. The van der Waals surface area contributed by atoms with Crippen molar-refractivity contribution >= 4 is 37.8 Å². The zero-order chi connectivity index (χ0) is 18.2. The molecule has 0 aliphatic rings. The van der Waals surface area contributed by atoms with Gasteiger partial charge in [-0.05, 0) is 71.2 Å². The van der Waals surface area contributed by atoms with Crippen LogP contribution in [0.5, 0.6) is 11.5 Å². The Hall–Kier alpha value is -1.33. The maximum absolute atomic E-state index is 12.4. The lowest BCUT2D eigenvalue weighted by Crippen LogP contribution is -2.09. The molecule has 0 unspecified atom stereocenters. The average Bonchev–Trinajstić information content (AvgIpc) is 2.58. The summed E-state index contributed by atoms with van der Waals surface area (Å²) in [6.07, 6.45) is 4.64. The van der Waals surface area contributed by atoms with Gasteiger partial charge in [0.15, 0.2) is 0 Å². The smallest absolute Gasteiger partial charge is 0.343 e. The van der Waals surface area contributed by atoms with E-state index in [1.807, 2.05) is 19.1 Å². The lowest BCUT2D eigenvalue weighted by atomic mass is 10.2. The number of ether oxygens (including phenoxy) is 2. The van der Waals surface area contributed by atoms with Gasteiger partial charge in [-0.2, -0.15) is 0 Å². The Balaban J connectivity index is 1.97. The first-order chi connectivity index (χ1) is 12.0. The molecule has 2 aromatic carbocycles. The van der Waals surface area contributed by atoms with Gasteiger partial charge in [0.25, 0.3) is 0 Å². The summed E-state index contributed by atoms with van der Waals surface area (Å²) in [5.74, 6) is 0.911. The molecule has 134 valence electrons. The number of hydrogen-bond donors (Lipinski definition) is 0. The number of halogens is 2. The van der Waals surface area contributed by atoms with E-state index in [2.05, 4.69) is 38.8 Å². The number of carbonyl (C=O) groups excluding carboxylic acids is 1. The normalized spacial score (nSPS) is 10.6. The Bertz CT molecular complexity index is 729. The molecule has 2 rings (SSSR count). The summed E-state index contributed by atoms with van der Waals surface area (Å²) in [6.45, 7) is 4.77. The van der Waals surface area contributed by atoms with Gasteiger partial charge in [0, 0.05) is 4.47 Å². The van der Waals surface area contributed by atoms with E-state index in [1.54, 1.807) is 24.3 Å². The van der Waals surface area contributed by atoms with Crippen LogP contribution in [0, 0.1) is 6.92 Å². The Morgan fingerprint density at radius 3 is 2.44 bits per heavy atom. The monoisotopic (exact) mass is 468 g/mol. The molecule has 25 heavy (non-hydrogen) atoms. The topological polar surface area (TPSA) is 35.5 Å². The van der Waals surface area contributed by atoms with Gasteiger partial charge in [0.2, 0.25) is 0 Å². The summed E-state index contributed by atoms with van der Waals surface area (Å²) < 4.78 is 13.0. The summed E-state index contributed by atoms with van der Waals surface area (Å²) in [5.41, 5.74) is 1.38. The summed E-state index contributed by atoms with van der Waals surface area (Å²) in [7, 11) is 0. The van der Waals surface area contributed by atoms with Gasteiger partial charge in [-0.15, -0.1) is 0 Å². The van der Waals surface area contributed by atoms with E-state index in [0.29, 0.717) is 17.9 Å². The minimum atomic E-state index is -0.388. The number of carbonyl (C=O) groups is 1. The predicted octanol–water partition coefficient (Wildman–Crippen LogP) is 6.70. The minimum absolute atomic E-state index is 0.388. The highest BCUT2D eigenvalue weighted by atomic mass is 79.9. The van der Waals surface area contributed by atoms with Crippen molar-refractivity contribution in [2.45, 2.75) is 39.5 Å². The van der Waals surface area contributed by atoms with Gasteiger partial charge in [-0.1, -0.05) is 42.1 Å². The second kappa shape index (κ2) is 9.97. The van der Waals surface area contributed by atoms with E-state index in [-0.39, 0.29) is 5.97 Å². The van der Waals surface area contributed by atoms with Crippen LogP contribution < -0.4 is 9.47 Å². The maximum atomic E-state index is 12.4. The first-order valence-electron chi connectivity index (χ1n) is 8.42. The number of unbranched alkanes of at least 4 members (excludes halogenated alkanes) is 3. The third kappa shape index (κ3) is 6.15. The highest BCUT2D eigenvalue weighted by Gasteiger charge is 2.13. The largest absolute Gasteiger partial charge is 0.492 e. The molecule has 0 atom stereocenters. The highest BCUT2D eigenvalue weighted by molar-refractivity contribution is 9.10. The molecule has 0 aliphatic carbocycles. The third-order valence-electron chi connectivity index (χ3n) is 3.76. The predicted molar refractivity (Wildman–Crippen MR) is 108 cm³/mol. The fraction of sp³-hybridized carbons (Fsp3) is 0.350. The SMILES string of the molecule is CCCCCCOc1ccc(C(=O)Oc2ccc(Br)cc2C)cc1Br. The van der Waals surface area contributed by atoms with Gasteiger partial charge < -0.3 is 9.47 Å². The summed E-state index contributed by atoms with van der Waals surface area (Å²) in [4.78, 5) is 12.4. The Kier molecular flexibility index (Phi) is 7.97. The number of rotatable bonds is 8. The molecule has 0 spiro atoms. The molecule has 0 aliphatic heterocycles. The van der Waals surface area contributed by atoms with E-state index in [4.69, 9.17) is 9.47 Å². The third-order valence-corrected chi connectivity index (χ3v) is 4.88. The van der Waals surface area contributed by atoms with Crippen LogP contribution in [0.2, 0.25) is 0 Å². The van der Waals surface area contributed by atoms with Crippen molar-refractivity contribution in [1.82, 2.24) is 0 Å². The van der Waals surface area contributed by atoms with Crippen molar-refractivity contribution in [3.05, 3.63) is 56.5 Å². The fourth-order valence-electron chi connectivity index (χ4n) is 2.34. The molecule has 0 saturated carbocycles. The number of aryl methyl sites for hydroxylation is 1. The lowest BCUT2D eigenvalue weighted by Gasteiger charge is -2.11. The highest BCUT2D eigenvalue weighted by Crippen LogP contribution is 2.28. The summed E-state index contributed by atoms with van der Waals surface area (Å²) in [6, 6.07) is 10.8. The van der Waals surface area contributed by atoms with Gasteiger partial charge in [-0.25, -0.2) is 4.79 Å². The minimum Gasteiger partial charge on any atom is -0.492 e. The average molecular weight is 470 g/mol. The van der Waals surface area contributed by atoms with Gasteiger partial charge in [0.1, 0.15) is 11.5 Å². The number of esters is 1. The van der Waals surface area contributed by atoms with Gasteiger partial charge in [-0.3, -0.25) is 0 Å². The Labute approximate surface area is 166 Å². The molecule has 2 aromatic rings. The molecule has 3 nitrogen and oxygen atoms in total. The molecule has 0 radical (unpaired) electrons. The van der Waals surface area contributed by atoms with Crippen LogP contribution in [-0.4, -0.2) is 12.6 Å². The van der Waals surface area contributed by atoms with Crippen molar-refractivity contribution in [1.29, 1.82) is 0 Å². The first-order valence-corrected chi connectivity index (χ1v) is 10.0. The summed E-state index contributed by atoms with van der Waals surface area (Å²) >= 11 is 6.87. The molecule has 0 saturated heterocycles. The zero-order valence-corrected chi connectivity index (χ0v) is 17.7. The van der Waals surface area contributed by atoms with Crippen molar-refractivity contribution in [3.63, 3.8) is 0 Å². The second-order valence-corrected chi connectivity index (χ2v) is 7.62. The molecule has 0 bridgehead atoms. The van der Waals surface area contributed by atoms with E-state index in [1.165, 1.54) is 19.3 Å². The van der Waals surface area contributed by atoms with Crippen molar-refractivity contribution in [3.8, 4) is 11.5 Å². The Morgan fingerprint density at radius 2 is 1.76 bits per heavy atom. The second-order valence-electron chi connectivity index (χ2n) is 5.85. The molecular formula is C20H22Br2O3. The van der Waals surface area contributed by atoms with Crippen LogP contribution in [0.3, 0.4) is 0 Å². The molecule has 5 heteroatoms. The standard InChI is InChI=1S/C20H22Br2O3/c1-3-4-5-6-11-24-19-9-7-15(13-17(19)22)20(23)25-18-10-8-16(21)12-14(18)2/h7-10,12-13H,3-6,11H2,1-2H3. The van der Waals surface area contributed by atoms with Crippen LogP contribution in [0.15, 0.2) is 45.3 Å². The molecular weight excluding hydrogens is 448 g/mol. The van der Waals surface area contributed by atoms with E-state index in [9.17, 15) is 4.79 Å². The fourth-order valence-corrected chi connectivity index (χ4v) is 3.31. The van der Waals surface area contributed by atoms with Gasteiger partial charge in [0.05, 0.1) is 16.6 Å². The van der Waals surface area contributed by atoms with Gasteiger partial charge >= 0.3 is 5.97 Å². The van der Waals surface area contributed by atoms with Crippen molar-refractivity contribution in [2.75, 3.05) is 6.61 Å². The van der Waals surface area contributed by atoms with E-state index < -0.39 is 0 Å². The molecule has 0 heterocycles. The quantitative estimate of drug-likeness (QED) is 0.245. The molecule has 0 amide bonds. The van der Waals surface area contributed by atoms with Crippen molar-refractivity contribution in [2.24, 2.45) is 0 Å². The van der Waals surface area contributed by atoms with Crippen LogP contribution >= 0.6 is 31.9 Å².